The van der Waals surface area contributed by atoms with Gasteiger partial charge >= 0.3 is 17.9 Å². The molecule has 0 radical (unpaired) electrons. The molecule has 0 unspecified atom stereocenters. The number of allylic oxidation sites excluding steroid dienone is 1. The van der Waals surface area contributed by atoms with Gasteiger partial charge in [0.15, 0.2) is 0 Å². The highest BCUT2D eigenvalue weighted by molar-refractivity contribution is 5.89. The molecule has 6 nitrogen and oxygen atoms in total. The molecular formula is C17H20O6. The Balaban J connectivity index is 2.39. The lowest BCUT2D eigenvalue weighted by Crippen LogP contribution is -2.10. The maximum absolute atomic E-state index is 11.9. The molecule has 1 rings (SSSR count). The van der Waals surface area contributed by atoms with E-state index in [1.54, 1.807) is 44.4 Å². The van der Waals surface area contributed by atoms with Crippen molar-refractivity contribution in [1.29, 1.82) is 0 Å². The van der Waals surface area contributed by atoms with Gasteiger partial charge in [-0.3, -0.25) is 9.59 Å². The summed E-state index contributed by atoms with van der Waals surface area (Å²) in [5.74, 6) is -0.543. The average Bonchev–Trinajstić information content (AvgIpc) is 2.51. The molecule has 0 fully saturated rings. The van der Waals surface area contributed by atoms with Crippen LogP contribution in [0.25, 0.3) is 0 Å². The molecule has 0 atom stereocenters. The first-order chi connectivity index (χ1) is 10.9. The third kappa shape index (κ3) is 7.26. The summed E-state index contributed by atoms with van der Waals surface area (Å²) < 4.78 is 14.6. The minimum absolute atomic E-state index is 0.122. The summed E-state index contributed by atoms with van der Waals surface area (Å²) in [5, 5.41) is 0. The van der Waals surface area contributed by atoms with Crippen molar-refractivity contribution in [2.75, 3.05) is 7.11 Å². The van der Waals surface area contributed by atoms with Crippen molar-refractivity contribution in [1.82, 2.24) is 0 Å². The minimum Gasteiger partial charge on any atom is -0.497 e. The van der Waals surface area contributed by atoms with Gasteiger partial charge in [-0.2, -0.15) is 0 Å². The van der Waals surface area contributed by atoms with Crippen molar-refractivity contribution >= 4 is 17.9 Å². The molecule has 6 heteroatoms. The monoisotopic (exact) mass is 320 g/mol. The van der Waals surface area contributed by atoms with Crippen LogP contribution >= 0.6 is 0 Å². The molecule has 0 aliphatic carbocycles. The number of methoxy groups -OCH3 is 1. The average molecular weight is 320 g/mol. The van der Waals surface area contributed by atoms with Crippen LogP contribution in [0.5, 0.6) is 11.5 Å². The number of hydrogen-bond acceptors (Lipinski definition) is 6. The number of carbonyl (C=O) groups is 3. The normalized spacial score (nSPS) is 10.8. The smallest absolute Gasteiger partial charge is 0.338 e. The number of esters is 3. The molecule has 0 aromatic heterocycles. The molecule has 0 heterocycles. The second-order valence-electron chi connectivity index (χ2n) is 4.81. The molecule has 23 heavy (non-hydrogen) atoms. The third-order valence-corrected chi connectivity index (χ3v) is 2.89. The fraction of sp³-hybridized carbons (Fsp3) is 0.353. The van der Waals surface area contributed by atoms with Crippen LogP contribution in [0.1, 0.15) is 33.1 Å². The first kappa shape index (κ1) is 18.4. The van der Waals surface area contributed by atoms with E-state index in [9.17, 15) is 14.4 Å². The van der Waals surface area contributed by atoms with Crippen LogP contribution < -0.4 is 9.47 Å². The lowest BCUT2D eigenvalue weighted by molar-refractivity contribution is -0.158. The zero-order chi connectivity index (χ0) is 17.2. The van der Waals surface area contributed by atoms with E-state index in [1.165, 1.54) is 6.92 Å². The van der Waals surface area contributed by atoms with Crippen LogP contribution in [-0.4, -0.2) is 25.0 Å². The van der Waals surface area contributed by atoms with Gasteiger partial charge in [-0.1, -0.05) is 6.08 Å². The molecule has 0 saturated heterocycles. The summed E-state index contributed by atoms with van der Waals surface area (Å²) >= 11 is 0. The van der Waals surface area contributed by atoms with Gasteiger partial charge in [-0.05, 0) is 44.0 Å². The molecule has 0 spiro atoms. The first-order valence-corrected chi connectivity index (χ1v) is 7.16. The van der Waals surface area contributed by atoms with Gasteiger partial charge in [0, 0.05) is 18.9 Å². The molecule has 0 N–H and O–H groups in total. The van der Waals surface area contributed by atoms with Crippen LogP contribution in [0, 0.1) is 0 Å². The maximum Gasteiger partial charge on any atom is 0.338 e. The van der Waals surface area contributed by atoms with Crippen LogP contribution in [0.4, 0.5) is 0 Å². The van der Waals surface area contributed by atoms with Gasteiger partial charge in [0.1, 0.15) is 11.5 Å². The zero-order valence-corrected chi connectivity index (χ0v) is 13.5. The van der Waals surface area contributed by atoms with Crippen molar-refractivity contribution in [3.05, 3.63) is 35.9 Å². The summed E-state index contributed by atoms with van der Waals surface area (Å²) in [4.78, 5) is 33.6. The van der Waals surface area contributed by atoms with E-state index in [0.29, 0.717) is 29.9 Å². The fourth-order valence-corrected chi connectivity index (χ4v) is 1.69. The number of rotatable bonds is 7. The second-order valence-corrected chi connectivity index (χ2v) is 4.81. The lowest BCUT2D eigenvalue weighted by atomic mass is 10.2. The van der Waals surface area contributed by atoms with E-state index in [1.807, 2.05) is 0 Å². The predicted octanol–water partition coefficient (Wildman–Crippen LogP) is 2.81. The van der Waals surface area contributed by atoms with E-state index in [0.717, 1.165) is 0 Å². The highest BCUT2D eigenvalue weighted by Gasteiger charge is 2.08. The minimum atomic E-state index is -0.621. The zero-order valence-electron chi connectivity index (χ0n) is 13.5. The SMILES string of the molecule is COc1ccc(OC(=O)C(C)=CCCCC(=O)OC(C)=O)cc1. The standard InChI is InChI=1S/C17H20O6/c1-12(6-4-5-7-16(19)22-13(2)18)17(20)23-15-10-8-14(21-3)9-11-15/h6,8-11H,4-5,7H2,1-3H3. The van der Waals surface area contributed by atoms with Crippen LogP contribution in [-0.2, 0) is 19.1 Å². The van der Waals surface area contributed by atoms with Crippen LogP contribution in [0.3, 0.4) is 0 Å². The van der Waals surface area contributed by atoms with Crippen molar-refractivity contribution < 1.29 is 28.6 Å². The summed E-state index contributed by atoms with van der Waals surface area (Å²) in [6.45, 7) is 2.82. The number of carbonyl (C=O) groups excluding carboxylic acids is 3. The van der Waals surface area contributed by atoms with Gasteiger partial charge in [0.05, 0.1) is 7.11 Å². The fourth-order valence-electron chi connectivity index (χ4n) is 1.69. The number of benzene rings is 1. The third-order valence-electron chi connectivity index (χ3n) is 2.89. The van der Waals surface area contributed by atoms with Crippen LogP contribution in [0.15, 0.2) is 35.9 Å². The molecule has 0 amide bonds. The largest absolute Gasteiger partial charge is 0.497 e. The molecule has 0 saturated carbocycles. The van der Waals surface area contributed by atoms with Crippen LogP contribution in [0.2, 0.25) is 0 Å². The Kier molecular flexibility index (Phi) is 7.53. The highest BCUT2D eigenvalue weighted by atomic mass is 16.6. The van der Waals surface area contributed by atoms with E-state index in [-0.39, 0.29) is 6.42 Å². The Morgan fingerprint density at radius 2 is 1.65 bits per heavy atom. The van der Waals surface area contributed by atoms with Crippen molar-refractivity contribution in [2.24, 2.45) is 0 Å². The Morgan fingerprint density at radius 1 is 1.04 bits per heavy atom. The Morgan fingerprint density at radius 3 is 2.22 bits per heavy atom. The number of unbranched alkanes of at least 4 members (excludes halogenated alkanes) is 1. The van der Waals surface area contributed by atoms with Crippen molar-refractivity contribution in [2.45, 2.75) is 33.1 Å². The van der Waals surface area contributed by atoms with Crippen molar-refractivity contribution in [3.8, 4) is 11.5 Å². The first-order valence-electron chi connectivity index (χ1n) is 7.16. The Bertz CT molecular complexity index is 586. The summed E-state index contributed by atoms with van der Waals surface area (Å²) in [5.41, 5.74) is 0.445. The predicted molar refractivity (Wildman–Crippen MR) is 83.0 cm³/mol. The molecule has 0 aliphatic heterocycles. The number of ether oxygens (including phenoxy) is 3. The quantitative estimate of drug-likeness (QED) is 0.253. The Labute approximate surface area is 135 Å². The molecule has 124 valence electrons. The maximum atomic E-state index is 11.9. The van der Waals surface area contributed by atoms with Gasteiger partial charge in [-0.15, -0.1) is 0 Å². The molecule has 1 aromatic rings. The van der Waals surface area contributed by atoms with E-state index in [4.69, 9.17) is 9.47 Å². The topological polar surface area (TPSA) is 78.9 Å². The molecule has 0 aliphatic rings. The molecular weight excluding hydrogens is 300 g/mol. The second kappa shape index (κ2) is 9.40. The van der Waals surface area contributed by atoms with Gasteiger partial charge < -0.3 is 14.2 Å². The molecule has 0 bridgehead atoms. The van der Waals surface area contributed by atoms with Gasteiger partial charge in [0.25, 0.3) is 0 Å². The van der Waals surface area contributed by atoms with E-state index in [2.05, 4.69) is 4.74 Å². The summed E-state index contributed by atoms with van der Waals surface area (Å²) in [7, 11) is 1.56. The number of hydrogen-bond donors (Lipinski definition) is 0. The van der Waals surface area contributed by atoms with Gasteiger partial charge in [0.2, 0.25) is 0 Å². The summed E-state index contributed by atoms with van der Waals surface area (Å²) in [6, 6.07) is 6.67. The van der Waals surface area contributed by atoms with E-state index >= 15 is 0 Å². The highest BCUT2D eigenvalue weighted by Crippen LogP contribution is 2.18. The summed E-state index contributed by atoms with van der Waals surface area (Å²) in [6.07, 6.45) is 2.81. The van der Waals surface area contributed by atoms with Gasteiger partial charge in [-0.25, -0.2) is 4.79 Å². The van der Waals surface area contributed by atoms with E-state index < -0.39 is 17.9 Å². The Hall–Kier alpha value is -2.63. The lowest BCUT2D eigenvalue weighted by Gasteiger charge is -2.05. The molecule has 1 aromatic carbocycles. The van der Waals surface area contributed by atoms with Crippen molar-refractivity contribution in [3.63, 3.8) is 0 Å².